The van der Waals surface area contributed by atoms with Gasteiger partial charge in [0.25, 0.3) is 0 Å². The molecule has 0 aliphatic carbocycles. The summed E-state index contributed by atoms with van der Waals surface area (Å²) >= 11 is 0. The van der Waals surface area contributed by atoms with Gasteiger partial charge in [-0.2, -0.15) is 0 Å². The van der Waals surface area contributed by atoms with Crippen LogP contribution >= 0.6 is 0 Å². The Labute approximate surface area is 78.9 Å². The van der Waals surface area contributed by atoms with Crippen molar-refractivity contribution in [1.82, 2.24) is 9.80 Å². The van der Waals surface area contributed by atoms with Crippen molar-refractivity contribution in [3.8, 4) is 0 Å². The van der Waals surface area contributed by atoms with E-state index >= 15 is 0 Å². The van der Waals surface area contributed by atoms with Crippen molar-refractivity contribution in [1.29, 1.82) is 0 Å². The predicted octanol–water partition coefficient (Wildman–Crippen LogP) is -0.256. The molecule has 74 valence electrons. The first-order chi connectivity index (χ1) is 6.27. The molecule has 0 unspecified atom stereocenters. The van der Waals surface area contributed by atoms with Crippen molar-refractivity contribution >= 4 is 5.96 Å². The lowest BCUT2D eigenvalue weighted by molar-refractivity contribution is 0.105. The third-order valence-corrected chi connectivity index (χ3v) is 2.78. The van der Waals surface area contributed by atoms with Gasteiger partial charge in [0.2, 0.25) is 0 Å². The number of hydrogen-bond donors (Lipinski definition) is 1. The summed E-state index contributed by atoms with van der Waals surface area (Å²) in [7, 11) is 2.08. The number of guanidine groups is 1. The number of aliphatic imine (C=N–C) groups is 1. The fraction of sp³-hybridized carbons (Fsp3) is 0.889. The minimum Gasteiger partial charge on any atom is -0.393 e. The Morgan fingerprint density at radius 2 is 2.00 bits per heavy atom. The Kier molecular flexibility index (Phi) is 2.40. The number of likely N-dealkylation sites (tertiary alicyclic amines) is 1. The van der Waals surface area contributed by atoms with Crippen molar-refractivity contribution in [3.05, 3.63) is 0 Å². The smallest absolute Gasteiger partial charge is 0.196 e. The van der Waals surface area contributed by atoms with Crippen LogP contribution in [0.5, 0.6) is 0 Å². The van der Waals surface area contributed by atoms with Gasteiger partial charge in [-0.25, -0.2) is 0 Å². The molecule has 2 aliphatic rings. The fourth-order valence-electron chi connectivity index (χ4n) is 1.93. The van der Waals surface area contributed by atoms with E-state index in [1.165, 1.54) is 0 Å². The summed E-state index contributed by atoms with van der Waals surface area (Å²) in [6, 6.07) is 0. The predicted molar refractivity (Wildman–Crippen MR) is 51.7 cm³/mol. The molecule has 1 fully saturated rings. The fourth-order valence-corrected chi connectivity index (χ4v) is 1.93. The quantitative estimate of drug-likeness (QED) is 0.562. The highest BCUT2D eigenvalue weighted by atomic mass is 16.3. The summed E-state index contributed by atoms with van der Waals surface area (Å²) in [6.07, 6.45) is 1.67. The average molecular weight is 183 g/mol. The van der Waals surface area contributed by atoms with E-state index in [2.05, 4.69) is 21.8 Å². The van der Waals surface area contributed by atoms with E-state index in [-0.39, 0.29) is 6.10 Å². The number of rotatable bonds is 0. The normalized spacial score (nSPS) is 25.2. The number of aliphatic hydroxyl groups excluding tert-OH is 1. The highest BCUT2D eigenvalue weighted by Crippen LogP contribution is 2.13. The number of hydrogen-bond acceptors (Lipinski definition) is 4. The first-order valence-corrected chi connectivity index (χ1v) is 4.96. The minimum absolute atomic E-state index is 0.0939. The van der Waals surface area contributed by atoms with E-state index in [4.69, 9.17) is 0 Å². The second-order valence-corrected chi connectivity index (χ2v) is 3.82. The Balaban J connectivity index is 1.94. The number of piperidine rings is 1. The average Bonchev–Trinajstić information content (AvgIpc) is 2.53. The molecular weight excluding hydrogens is 166 g/mol. The van der Waals surface area contributed by atoms with Gasteiger partial charge in [0.1, 0.15) is 0 Å². The van der Waals surface area contributed by atoms with Crippen LogP contribution in [0.2, 0.25) is 0 Å². The maximum atomic E-state index is 9.36. The summed E-state index contributed by atoms with van der Waals surface area (Å²) in [4.78, 5) is 8.92. The molecule has 0 amide bonds. The van der Waals surface area contributed by atoms with Crippen LogP contribution in [0.25, 0.3) is 0 Å². The molecule has 0 atom stereocenters. The topological polar surface area (TPSA) is 39.1 Å². The van der Waals surface area contributed by atoms with Gasteiger partial charge >= 0.3 is 0 Å². The molecule has 2 aliphatic heterocycles. The van der Waals surface area contributed by atoms with Crippen molar-refractivity contribution in [2.24, 2.45) is 4.99 Å². The summed E-state index contributed by atoms with van der Waals surface area (Å²) in [5.74, 6) is 1.12. The molecule has 4 nitrogen and oxygen atoms in total. The highest BCUT2D eigenvalue weighted by Gasteiger charge is 2.24. The number of likely N-dealkylation sites (N-methyl/N-ethyl adjacent to an activating group) is 1. The summed E-state index contributed by atoms with van der Waals surface area (Å²) < 4.78 is 0. The van der Waals surface area contributed by atoms with Crippen molar-refractivity contribution < 1.29 is 5.11 Å². The lowest BCUT2D eigenvalue weighted by Gasteiger charge is -2.33. The van der Waals surface area contributed by atoms with Crippen LogP contribution in [0.15, 0.2) is 4.99 Å². The van der Waals surface area contributed by atoms with Crippen molar-refractivity contribution in [2.45, 2.75) is 18.9 Å². The molecule has 1 N–H and O–H groups in total. The van der Waals surface area contributed by atoms with Crippen LogP contribution in [0.3, 0.4) is 0 Å². The van der Waals surface area contributed by atoms with E-state index in [0.29, 0.717) is 0 Å². The molecule has 13 heavy (non-hydrogen) atoms. The van der Waals surface area contributed by atoms with Crippen LogP contribution in [0.4, 0.5) is 0 Å². The summed E-state index contributed by atoms with van der Waals surface area (Å²) in [6.45, 7) is 3.86. The second kappa shape index (κ2) is 3.54. The van der Waals surface area contributed by atoms with E-state index in [1.54, 1.807) is 0 Å². The van der Waals surface area contributed by atoms with Crippen LogP contribution < -0.4 is 0 Å². The Morgan fingerprint density at radius 1 is 1.31 bits per heavy atom. The Bertz CT molecular complexity index is 209. The number of aliphatic hydroxyl groups is 1. The first-order valence-electron chi connectivity index (χ1n) is 4.96. The second-order valence-electron chi connectivity index (χ2n) is 3.82. The van der Waals surface area contributed by atoms with E-state index in [9.17, 15) is 5.11 Å². The van der Waals surface area contributed by atoms with Gasteiger partial charge in [-0.3, -0.25) is 4.99 Å². The lowest BCUT2D eigenvalue weighted by Crippen LogP contribution is -2.45. The monoisotopic (exact) mass is 183 g/mol. The van der Waals surface area contributed by atoms with E-state index in [0.717, 1.165) is 45.0 Å². The molecule has 0 aromatic heterocycles. The zero-order valence-corrected chi connectivity index (χ0v) is 8.11. The molecule has 0 spiro atoms. The van der Waals surface area contributed by atoms with Gasteiger partial charge in [0, 0.05) is 26.7 Å². The molecule has 0 aromatic rings. The van der Waals surface area contributed by atoms with Crippen LogP contribution in [0.1, 0.15) is 12.8 Å². The molecule has 0 aromatic carbocycles. The zero-order valence-electron chi connectivity index (χ0n) is 8.11. The summed E-state index contributed by atoms with van der Waals surface area (Å²) in [5.41, 5.74) is 0. The number of nitrogens with zero attached hydrogens (tertiary/aromatic N) is 3. The van der Waals surface area contributed by atoms with Gasteiger partial charge < -0.3 is 14.9 Å². The largest absolute Gasteiger partial charge is 0.393 e. The Hall–Kier alpha value is -0.770. The Morgan fingerprint density at radius 3 is 2.54 bits per heavy atom. The van der Waals surface area contributed by atoms with E-state index < -0.39 is 0 Å². The molecule has 0 saturated carbocycles. The van der Waals surface area contributed by atoms with Gasteiger partial charge in [-0.05, 0) is 12.8 Å². The van der Waals surface area contributed by atoms with Crippen molar-refractivity contribution in [2.75, 3.05) is 33.2 Å². The zero-order chi connectivity index (χ0) is 9.26. The molecular formula is C9H17N3O. The maximum absolute atomic E-state index is 9.36. The van der Waals surface area contributed by atoms with Gasteiger partial charge in [-0.1, -0.05) is 0 Å². The van der Waals surface area contributed by atoms with Gasteiger partial charge in [0.05, 0.1) is 12.6 Å². The van der Waals surface area contributed by atoms with Crippen LogP contribution in [-0.4, -0.2) is 60.2 Å². The maximum Gasteiger partial charge on any atom is 0.196 e. The molecule has 1 saturated heterocycles. The lowest BCUT2D eigenvalue weighted by atomic mass is 10.1. The molecule has 2 rings (SSSR count). The third-order valence-electron chi connectivity index (χ3n) is 2.78. The minimum atomic E-state index is -0.0939. The van der Waals surface area contributed by atoms with Gasteiger partial charge in [0.15, 0.2) is 5.96 Å². The third kappa shape index (κ3) is 1.77. The first kappa shape index (κ1) is 8.81. The SMILES string of the molecule is CN1CCN=C1N1CCC(O)CC1. The van der Waals surface area contributed by atoms with Crippen LogP contribution in [0, 0.1) is 0 Å². The molecule has 2 heterocycles. The van der Waals surface area contributed by atoms with Crippen molar-refractivity contribution in [3.63, 3.8) is 0 Å². The standard InChI is InChI=1S/C9H17N3O/c1-11-7-4-10-9(11)12-5-2-8(13)3-6-12/h8,13H,2-7H2,1H3. The highest BCUT2D eigenvalue weighted by molar-refractivity contribution is 5.81. The summed E-state index contributed by atoms with van der Waals surface area (Å²) in [5, 5.41) is 9.36. The molecule has 0 radical (unpaired) electrons. The van der Waals surface area contributed by atoms with Gasteiger partial charge in [-0.15, -0.1) is 0 Å². The van der Waals surface area contributed by atoms with E-state index in [1.807, 2.05) is 0 Å². The molecule has 0 bridgehead atoms. The molecule has 4 heteroatoms. The van der Waals surface area contributed by atoms with Crippen LogP contribution in [-0.2, 0) is 0 Å².